The van der Waals surface area contributed by atoms with Gasteiger partial charge in [0.2, 0.25) is 5.91 Å². The summed E-state index contributed by atoms with van der Waals surface area (Å²) in [5.74, 6) is 0.0218. The second kappa shape index (κ2) is 9.52. The topological polar surface area (TPSA) is 93.2 Å². The quantitative estimate of drug-likeness (QED) is 0.725. The van der Waals surface area contributed by atoms with E-state index in [1.54, 1.807) is 23.6 Å². The lowest BCUT2D eigenvalue weighted by atomic mass is 10.0. The minimum Gasteiger partial charge on any atom is -0.344 e. The van der Waals surface area contributed by atoms with Gasteiger partial charge in [0, 0.05) is 32.1 Å². The third kappa shape index (κ3) is 5.43. The van der Waals surface area contributed by atoms with E-state index in [1.807, 2.05) is 20.0 Å². The Balaban J connectivity index is 0.00000364. The summed E-state index contributed by atoms with van der Waals surface area (Å²) in [7, 11) is 3.60. The van der Waals surface area contributed by atoms with E-state index in [4.69, 9.17) is 5.73 Å². The van der Waals surface area contributed by atoms with E-state index in [9.17, 15) is 9.59 Å². The predicted octanol–water partition coefficient (Wildman–Crippen LogP) is 2.32. The number of thiophene rings is 1. The molecule has 0 aliphatic heterocycles. The first kappa shape index (κ1) is 23.4. The van der Waals surface area contributed by atoms with E-state index in [-0.39, 0.29) is 30.3 Å². The highest BCUT2D eigenvalue weighted by Crippen LogP contribution is 2.27. The van der Waals surface area contributed by atoms with Crippen molar-refractivity contribution in [2.24, 2.45) is 18.7 Å². The van der Waals surface area contributed by atoms with Crippen LogP contribution in [0.25, 0.3) is 10.2 Å². The Morgan fingerprint density at radius 1 is 1.37 bits per heavy atom. The molecule has 0 saturated carbocycles. The largest absolute Gasteiger partial charge is 0.344 e. The summed E-state index contributed by atoms with van der Waals surface area (Å²) in [4.78, 5) is 28.2. The average Bonchev–Trinajstić information content (AvgIpc) is 3.13. The van der Waals surface area contributed by atoms with Crippen LogP contribution >= 0.6 is 23.7 Å². The predicted molar refractivity (Wildman–Crippen MR) is 113 cm³/mol. The van der Waals surface area contributed by atoms with Crippen molar-refractivity contribution in [1.29, 1.82) is 0 Å². The highest BCUT2D eigenvalue weighted by Gasteiger charge is 2.22. The Hall–Kier alpha value is -1.64. The Morgan fingerprint density at radius 3 is 2.56 bits per heavy atom. The van der Waals surface area contributed by atoms with Gasteiger partial charge in [-0.1, -0.05) is 13.8 Å². The van der Waals surface area contributed by atoms with E-state index in [1.165, 1.54) is 11.3 Å². The zero-order valence-corrected chi connectivity index (χ0v) is 18.4. The molecule has 0 radical (unpaired) electrons. The number of nitrogens with one attached hydrogen (secondary N) is 1. The second-order valence-corrected chi connectivity index (χ2v) is 8.22. The van der Waals surface area contributed by atoms with Crippen molar-refractivity contribution >= 4 is 45.8 Å². The van der Waals surface area contributed by atoms with Crippen LogP contribution in [0.15, 0.2) is 6.07 Å². The number of nitrogens with two attached hydrogens (primary N) is 1. The number of nitrogens with zero attached hydrogens (tertiary/aromatic N) is 3. The third-order valence-electron chi connectivity index (χ3n) is 4.67. The van der Waals surface area contributed by atoms with Crippen molar-refractivity contribution in [1.82, 2.24) is 20.0 Å². The standard InChI is InChI=1S/C18H29N5O2S.ClH/c1-10(2)14(19)7-8-22(5)17(25)12(4)20-16(24)15-9-13-11(3)21-23(6)18(13)26-15;/h9-10,12,14H,7-8,19H2,1-6H3,(H,20,24);1H. The van der Waals surface area contributed by atoms with Crippen LogP contribution < -0.4 is 11.1 Å². The fourth-order valence-corrected chi connectivity index (χ4v) is 3.79. The summed E-state index contributed by atoms with van der Waals surface area (Å²) in [5, 5.41) is 8.10. The number of likely N-dealkylation sites (N-methyl/N-ethyl adjacent to an activating group) is 1. The van der Waals surface area contributed by atoms with E-state index in [0.29, 0.717) is 17.3 Å². The van der Waals surface area contributed by atoms with Gasteiger partial charge in [0.1, 0.15) is 10.9 Å². The lowest BCUT2D eigenvalue weighted by Crippen LogP contribution is -2.46. The molecule has 0 aromatic carbocycles. The number of amides is 2. The molecule has 2 heterocycles. The Kier molecular flexibility index (Phi) is 8.25. The van der Waals surface area contributed by atoms with Gasteiger partial charge in [0.05, 0.1) is 10.6 Å². The van der Waals surface area contributed by atoms with Crippen LogP contribution in [0, 0.1) is 12.8 Å². The fourth-order valence-electron chi connectivity index (χ4n) is 2.76. The number of rotatable bonds is 7. The summed E-state index contributed by atoms with van der Waals surface area (Å²) in [5.41, 5.74) is 6.93. The number of fused-ring (bicyclic) bond motifs is 1. The second-order valence-electron chi connectivity index (χ2n) is 7.19. The molecule has 0 bridgehead atoms. The molecule has 0 fully saturated rings. The molecule has 27 heavy (non-hydrogen) atoms. The van der Waals surface area contributed by atoms with Crippen LogP contribution in [0.3, 0.4) is 0 Å². The Morgan fingerprint density at radius 2 is 2.00 bits per heavy atom. The average molecular weight is 416 g/mol. The van der Waals surface area contributed by atoms with Gasteiger partial charge in [-0.05, 0) is 32.3 Å². The third-order valence-corrected chi connectivity index (χ3v) is 5.87. The van der Waals surface area contributed by atoms with Crippen LogP contribution in [-0.2, 0) is 11.8 Å². The molecule has 9 heteroatoms. The van der Waals surface area contributed by atoms with Gasteiger partial charge < -0.3 is 16.0 Å². The van der Waals surface area contributed by atoms with Gasteiger partial charge in [0.25, 0.3) is 5.91 Å². The van der Waals surface area contributed by atoms with Crippen LogP contribution in [0.1, 0.15) is 42.6 Å². The molecule has 0 aliphatic rings. The molecule has 152 valence electrons. The van der Waals surface area contributed by atoms with E-state index in [0.717, 1.165) is 22.3 Å². The summed E-state index contributed by atoms with van der Waals surface area (Å²) >= 11 is 1.38. The maximum absolute atomic E-state index is 12.5. The normalized spacial score (nSPS) is 13.3. The van der Waals surface area contributed by atoms with Gasteiger partial charge >= 0.3 is 0 Å². The molecule has 0 saturated heterocycles. The summed E-state index contributed by atoms with van der Waals surface area (Å²) < 4.78 is 1.77. The van der Waals surface area contributed by atoms with Crippen LogP contribution in [0.4, 0.5) is 0 Å². The molecule has 2 rings (SSSR count). The van der Waals surface area contributed by atoms with Crippen molar-refractivity contribution in [3.05, 3.63) is 16.6 Å². The molecule has 0 spiro atoms. The first-order chi connectivity index (χ1) is 12.1. The number of carbonyl (C=O) groups excluding carboxylic acids is 2. The number of hydrogen-bond acceptors (Lipinski definition) is 5. The molecular formula is C18H30ClN5O2S. The SMILES string of the molecule is Cc1nn(C)c2sc(C(=O)NC(C)C(=O)N(C)CCC(N)C(C)C)cc12.Cl. The van der Waals surface area contributed by atoms with Crippen LogP contribution in [0.2, 0.25) is 0 Å². The van der Waals surface area contributed by atoms with Crippen LogP contribution in [0.5, 0.6) is 0 Å². The molecule has 7 nitrogen and oxygen atoms in total. The Labute approximate surface area is 170 Å². The zero-order valence-electron chi connectivity index (χ0n) is 16.8. The zero-order chi connectivity index (χ0) is 19.6. The molecule has 2 aromatic heterocycles. The lowest BCUT2D eigenvalue weighted by Gasteiger charge is -2.24. The smallest absolute Gasteiger partial charge is 0.262 e. The first-order valence-electron chi connectivity index (χ1n) is 8.86. The Bertz CT molecular complexity index is 767. The van der Waals surface area contributed by atoms with Gasteiger partial charge in [-0.15, -0.1) is 23.7 Å². The molecule has 2 atom stereocenters. The van der Waals surface area contributed by atoms with Crippen molar-refractivity contribution in [2.75, 3.05) is 13.6 Å². The van der Waals surface area contributed by atoms with Gasteiger partial charge in [0.15, 0.2) is 0 Å². The summed E-state index contributed by atoms with van der Waals surface area (Å²) in [6.45, 7) is 8.33. The molecule has 2 amide bonds. The minimum atomic E-state index is -0.591. The number of aromatic nitrogens is 2. The van der Waals surface area contributed by atoms with Crippen molar-refractivity contribution in [2.45, 2.75) is 46.2 Å². The number of aryl methyl sites for hydroxylation is 2. The number of hydrogen-bond donors (Lipinski definition) is 2. The monoisotopic (exact) mass is 415 g/mol. The minimum absolute atomic E-state index is 0. The van der Waals surface area contributed by atoms with Crippen molar-refractivity contribution in [3.63, 3.8) is 0 Å². The highest BCUT2D eigenvalue weighted by atomic mass is 35.5. The molecule has 3 N–H and O–H groups in total. The first-order valence-corrected chi connectivity index (χ1v) is 9.68. The lowest BCUT2D eigenvalue weighted by molar-refractivity contribution is -0.131. The highest BCUT2D eigenvalue weighted by molar-refractivity contribution is 7.20. The van der Waals surface area contributed by atoms with Gasteiger partial charge in [-0.3, -0.25) is 14.3 Å². The van der Waals surface area contributed by atoms with Crippen LogP contribution in [-0.4, -0.2) is 52.2 Å². The summed E-state index contributed by atoms with van der Waals surface area (Å²) in [6.07, 6.45) is 0.739. The maximum atomic E-state index is 12.5. The molecule has 2 unspecified atom stereocenters. The molecule has 0 aliphatic carbocycles. The molecule has 2 aromatic rings. The van der Waals surface area contributed by atoms with Crippen molar-refractivity contribution in [3.8, 4) is 0 Å². The maximum Gasteiger partial charge on any atom is 0.262 e. The van der Waals surface area contributed by atoms with Gasteiger partial charge in [-0.25, -0.2) is 0 Å². The van der Waals surface area contributed by atoms with E-state index >= 15 is 0 Å². The van der Waals surface area contributed by atoms with Gasteiger partial charge in [-0.2, -0.15) is 5.10 Å². The summed E-state index contributed by atoms with van der Waals surface area (Å²) in [6, 6.07) is 1.30. The van der Waals surface area contributed by atoms with Crippen molar-refractivity contribution < 1.29 is 9.59 Å². The number of halogens is 1. The molecular weight excluding hydrogens is 386 g/mol. The van der Waals surface area contributed by atoms with E-state index < -0.39 is 6.04 Å². The fraction of sp³-hybridized carbons (Fsp3) is 0.611. The van der Waals surface area contributed by atoms with E-state index in [2.05, 4.69) is 24.3 Å². The number of carbonyl (C=O) groups is 2.